The highest BCUT2D eigenvalue weighted by Gasteiger charge is 2.36. The Morgan fingerprint density at radius 3 is 2.47 bits per heavy atom. The van der Waals surface area contributed by atoms with Crippen LogP contribution >= 0.6 is 11.6 Å². The minimum absolute atomic E-state index is 0.0886. The van der Waals surface area contributed by atoms with Crippen LogP contribution in [0.4, 0.5) is 28.8 Å². The second-order valence-electron chi connectivity index (χ2n) is 12.1. The van der Waals surface area contributed by atoms with Gasteiger partial charge in [0, 0.05) is 36.8 Å². The smallest absolute Gasteiger partial charge is 0.242 e. The molecule has 3 N–H and O–H groups in total. The molecule has 0 amide bonds. The number of sulfonamides is 1. The van der Waals surface area contributed by atoms with Gasteiger partial charge in [-0.15, -0.1) is 0 Å². The Morgan fingerprint density at radius 1 is 0.977 bits per heavy atom. The van der Waals surface area contributed by atoms with Crippen LogP contribution in [0.5, 0.6) is 5.75 Å². The van der Waals surface area contributed by atoms with Crippen LogP contribution in [-0.2, 0) is 16.4 Å². The molecule has 0 spiro atoms. The topological polar surface area (TPSA) is 112 Å². The average Bonchev–Trinajstić information content (AvgIpc) is 3.35. The molecule has 0 bridgehead atoms. The standard InChI is InChI=1S/C31H40ClN7O3S/c1-31(2)19-22-26(39-17-13-21(14-18-39)38-15-7-4-8-16-38)12-11-25(28(22)42-31)36-30-34-20-23(32)29(37-30)35-24-9-5-6-10-27(24)43(40,41)33-3/h5-6,9-12,20-21,33H,4,7-8,13-19H2,1-3H3,(H2,34,35,36,37). The number of nitrogens with one attached hydrogen (secondary N) is 3. The first-order valence-electron chi connectivity index (χ1n) is 15.1. The lowest BCUT2D eigenvalue weighted by atomic mass is 9.96. The van der Waals surface area contributed by atoms with E-state index in [4.69, 9.17) is 16.3 Å². The average molecular weight is 626 g/mol. The molecule has 10 nitrogen and oxygen atoms in total. The van der Waals surface area contributed by atoms with Crippen LogP contribution in [0.1, 0.15) is 51.5 Å². The fourth-order valence-electron chi connectivity index (χ4n) is 6.47. The fraction of sp³-hybridized carbons (Fsp3) is 0.484. The van der Waals surface area contributed by atoms with Crippen molar-refractivity contribution in [2.24, 2.45) is 0 Å². The van der Waals surface area contributed by atoms with Gasteiger partial charge in [-0.05, 0) is 83.9 Å². The second kappa shape index (κ2) is 12.1. The second-order valence-corrected chi connectivity index (χ2v) is 14.4. The van der Waals surface area contributed by atoms with Crippen LogP contribution in [-0.4, -0.2) is 68.2 Å². The van der Waals surface area contributed by atoms with Gasteiger partial charge in [0.1, 0.15) is 21.3 Å². The molecule has 0 aliphatic carbocycles. The van der Waals surface area contributed by atoms with Gasteiger partial charge in [-0.1, -0.05) is 30.2 Å². The van der Waals surface area contributed by atoms with Crippen LogP contribution in [0.2, 0.25) is 5.02 Å². The highest BCUT2D eigenvalue weighted by molar-refractivity contribution is 7.89. The molecule has 230 valence electrons. The third-order valence-corrected chi connectivity index (χ3v) is 10.4. The number of rotatable bonds is 8. The van der Waals surface area contributed by atoms with Gasteiger partial charge in [-0.3, -0.25) is 0 Å². The molecule has 0 atom stereocenters. The molecule has 3 aliphatic rings. The van der Waals surface area contributed by atoms with Crippen molar-refractivity contribution in [2.75, 3.05) is 48.8 Å². The summed E-state index contributed by atoms with van der Waals surface area (Å²) in [7, 11) is -2.33. The van der Waals surface area contributed by atoms with Gasteiger partial charge >= 0.3 is 0 Å². The maximum atomic E-state index is 12.5. The van der Waals surface area contributed by atoms with Crippen LogP contribution in [0, 0.1) is 0 Å². The Balaban J connectivity index is 1.23. The zero-order chi connectivity index (χ0) is 30.2. The number of piperidine rings is 2. The summed E-state index contributed by atoms with van der Waals surface area (Å²) in [6.07, 6.45) is 8.69. The SMILES string of the molecule is CNS(=O)(=O)c1ccccc1Nc1nc(Nc2ccc(N3CCC(N4CCCCC4)CC3)c3c2OC(C)(C)C3)ncc1Cl. The van der Waals surface area contributed by atoms with E-state index >= 15 is 0 Å². The molecule has 2 fully saturated rings. The summed E-state index contributed by atoms with van der Waals surface area (Å²) in [5.41, 5.74) is 3.23. The van der Waals surface area contributed by atoms with Crippen molar-refractivity contribution in [1.29, 1.82) is 0 Å². The number of likely N-dealkylation sites (tertiary alicyclic amines) is 1. The van der Waals surface area contributed by atoms with E-state index in [0.29, 0.717) is 17.7 Å². The predicted octanol–water partition coefficient (Wildman–Crippen LogP) is 5.69. The molecule has 2 aromatic carbocycles. The van der Waals surface area contributed by atoms with E-state index in [2.05, 4.69) is 55.0 Å². The molecule has 12 heteroatoms. The molecule has 43 heavy (non-hydrogen) atoms. The first-order valence-corrected chi connectivity index (χ1v) is 16.9. The largest absolute Gasteiger partial charge is 0.485 e. The number of halogens is 1. The van der Waals surface area contributed by atoms with Crippen molar-refractivity contribution in [1.82, 2.24) is 19.6 Å². The predicted molar refractivity (Wildman–Crippen MR) is 172 cm³/mol. The van der Waals surface area contributed by atoms with Gasteiger partial charge in [0.05, 0.1) is 17.6 Å². The molecule has 6 rings (SSSR count). The van der Waals surface area contributed by atoms with Gasteiger partial charge in [0.15, 0.2) is 5.82 Å². The Morgan fingerprint density at radius 2 is 1.72 bits per heavy atom. The summed E-state index contributed by atoms with van der Waals surface area (Å²) in [6.45, 7) is 8.80. The highest BCUT2D eigenvalue weighted by atomic mass is 35.5. The molecular formula is C31H40ClN7O3S. The van der Waals surface area contributed by atoms with Crippen molar-refractivity contribution < 1.29 is 13.2 Å². The lowest BCUT2D eigenvalue weighted by molar-refractivity contribution is 0.139. The minimum Gasteiger partial charge on any atom is -0.485 e. The fourth-order valence-corrected chi connectivity index (χ4v) is 7.49. The summed E-state index contributed by atoms with van der Waals surface area (Å²) < 4.78 is 33.9. The van der Waals surface area contributed by atoms with Crippen molar-refractivity contribution in [3.05, 3.63) is 53.2 Å². The number of hydrogen-bond acceptors (Lipinski definition) is 9. The molecule has 4 heterocycles. The monoisotopic (exact) mass is 625 g/mol. The van der Waals surface area contributed by atoms with Crippen LogP contribution < -0.4 is 25.0 Å². The minimum atomic E-state index is -3.70. The van der Waals surface area contributed by atoms with Crippen molar-refractivity contribution in [3.63, 3.8) is 0 Å². The van der Waals surface area contributed by atoms with Crippen molar-refractivity contribution in [2.45, 2.75) is 68.9 Å². The van der Waals surface area contributed by atoms with Gasteiger partial charge < -0.3 is 25.2 Å². The van der Waals surface area contributed by atoms with E-state index < -0.39 is 10.0 Å². The molecular weight excluding hydrogens is 586 g/mol. The number of benzene rings is 2. The number of nitrogens with zero attached hydrogens (tertiary/aromatic N) is 4. The first-order chi connectivity index (χ1) is 20.6. The molecule has 3 aliphatic heterocycles. The lowest BCUT2D eigenvalue weighted by Gasteiger charge is -2.41. The summed E-state index contributed by atoms with van der Waals surface area (Å²) in [5.74, 6) is 1.41. The number of ether oxygens (including phenoxy) is 1. The van der Waals surface area contributed by atoms with E-state index in [-0.39, 0.29) is 21.3 Å². The maximum Gasteiger partial charge on any atom is 0.242 e. The van der Waals surface area contributed by atoms with Crippen LogP contribution in [0.3, 0.4) is 0 Å². The number of hydrogen-bond donors (Lipinski definition) is 3. The van der Waals surface area contributed by atoms with E-state index in [1.165, 1.54) is 75.8 Å². The lowest BCUT2D eigenvalue weighted by Crippen LogP contribution is -2.46. The Bertz CT molecular complexity index is 1590. The van der Waals surface area contributed by atoms with E-state index in [9.17, 15) is 8.42 Å². The van der Waals surface area contributed by atoms with Gasteiger partial charge in [0.2, 0.25) is 16.0 Å². The normalized spacial score (nSPS) is 19.1. The summed E-state index contributed by atoms with van der Waals surface area (Å²) in [6, 6.07) is 11.5. The third-order valence-electron chi connectivity index (χ3n) is 8.62. The van der Waals surface area contributed by atoms with E-state index in [0.717, 1.165) is 30.9 Å². The number of para-hydroxylation sites is 1. The third kappa shape index (κ3) is 6.40. The van der Waals surface area contributed by atoms with Crippen LogP contribution in [0.25, 0.3) is 0 Å². The first kappa shape index (κ1) is 29.9. The molecule has 1 aromatic heterocycles. The molecule has 3 aromatic rings. The molecule has 0 radical (unpaired) electrons. The van der Waals surface area contributed by atoms with Crippen molar-refractivity contribution >= 4 is 50.5 Å². The quantitative estimate of drug-likeness (QED) is 0.290. The van der Waals surface area contributed by atoms with E-state index in [1.54, 1.807) is 18.2 Å². The zero-order valence-corrected chi connectivity index (χ0v) is 26.6. The zero-order valence-electron chi connectivity index (χ0n) is 25.0. The highest BCUT2D eigenvalue weighted by Crippen LogP contribution is 2.47. The summed E-state index contributed by atoms with van der Waals surface area (Å²) >= 11 is 6.43. The van der Waals surface area contributed by atoms with Gasteiger partial charge in [-0.25, -0.2) is 18.1 Å². The summed E-state index contributed by atoms with van der Waals surface area (Å²) in [4.78, 5) is 14.3. The number of anilines is 5. The Labute approximate surface area is 259 Å². The van der Waals surface area contributed by atoms with Gasteiger partial charge in [-0.2, -0.15) is 4.98 Å². The Kier molecular flexibility index (Phi) is 8.43. The van der Waals surface area contributed by atoms with Crippen LogP contribution in [0.15, 0.2) is 47.5 Å². The molecule has 0 unspecified atom stereocenters. The number of fused-ring (bicyclic) bond motifs is 1. The number of aromatic nitrogens is 2. The van der Waals surface area contributed by atoms with Crippen molar-refractivity contribution in [3.8, 4) is 5.75 Å². The molecule has 0 saturated carbocycles. The Hall–Kier alpha value is -3.12. The van der Waals surface area contributed by atoms with Gasteiger partial charge in [0.25, 0.3) is 0 Å². The van der Waals surface area contributed by atoms with E-state index in [1.807, 2.05) is 6.07 Å². The summed E-state index contributed by atoms with van der Waals surface area (Å²) in [5, 5.41) is 6.66. The maximum absolute atomic E-state index is 12.5. The molecule has 2 saturated heterocycles.